The van der Waals surface area contributed by atoms with E-state index >= 15 is 0 Å². The molecule has 2 nitrogen and oxygen atoms in total. The third-order valence-corrected chi connectivity index (χ3v) is 4.45. The first kappa shape index (κ1) is 14.7. The SMILES string of the molecule is Nc1ccc(S(=O)CCSC(F)(F)F)cc1Cl. The smallest absolute Gasteiger partial charge is 0.398 e. The Balaban J connectivity index is 2.56. The zero-order chi connectivity index (χ0) is 13.1. The number of nitrogens with two attached hydrogens (primary N) is 1. The number of rotatable bonds is 4. The van der Waals surface area contributed by atoms with Crippen molar-refractivity contribution in [2.75, 3.05) is 17.2 Å². The molecule has 0 saturated carbocycles. The number of nitrogen functional groups attached to an aromatic ring is 1. The van der Waals surface area contributed by atoms with E-state index in [-0.39, 0.29) is 28.3 Å². The lowest BCUT2D eigenvalue weighted by molar-refractivity contribution is -0.0326. The van der Waals surface area contributed by atoms with E-state index in [4.69, 9.17) is 17.3 Å². The Kier molecular flexibility index (Phi) is 5.15. The number of thioether (sulfide) groups is 1. The van der Waals surface area contributed by atoms with Gasteiger partial charge in [0.1, 0.15) is 0 Å². The van der Waals surface area contributed by atoms with Crippen LogP contribution in [0, 0.1) is 0 Å². The molecule has 0 spiro atoms. The number of hydrogen-bond donors (Lipinski definition) is 1. The summed E-state index contributed by atoms with van der Waals surface area (Å²) in [5, 5.41) is 0.249. The van der Waals surface area contributed by atoms with Gasteiger partial charge in [0.15, 0.2) is 0 Å². The van der Waals surface area contributed by atoms with Crippen molar-refractivity contribution < 1.29 is 17.4 Å². The molecule has 17 heavy (non-hydrogen) atoms. The van der Waals surface area contributed by atoms with E-state index in [1.165, 1.54) is 18.2 Å². The minimum atomic E-state index is -4.29. The molecule has 1 rings (SSSR count). The van der Waals surface area contributed by atoms with Crippen LogP contribution in [0.25, 0.3) is 0 Å². The quantitative estimate of drug-likeness (QED) is 0.868. The van der Waals surface area contributed by atoms with Crippen molar-refractivity contribution in [1.82, 2.24) is 0 Å². The molecule has 0 aromatic heterocycles. The van der Waals surface area contributed by atoms with Crippen LogP contribution in [0.3, 0.4) is 0 Å². The zero-order valence-electron chi connectivity index (χ0n) is 8.46. The number of hydrogen-bond acceptors (Lipinski definition) is 3. The van der Waals surface area contributed by atoms with Gasteiger partial charge in [-0.05, 0) is 18.2 Å². The van der Waals surface area contributed by atoms with Crippen molar-refractivity contribution in [1.29, 1.82) is 0 Å². The summed E-state index contributed by atoms with van der Waals surface area (Å²) in [5.74, 6) is -0.331. The van der Waals surface area contributed by atoms with Gasteiger partial charge < -0.3 is 5.73 Å². The van der Waals surface area contributed by atoms with Crippen LogP contribution < -0.4 is 5.73 Å². The molecule has 96 valence electrons. The molecule has 0 heterocycles. The van der Waals surface area contributed by atoms with E-state index < -0.39 is 16.3 Å². The Labute approximate surface area is 108 Å². The standard InChI is InChI=1S/C9H9ClF3NOS2/c10-7-5-6(1-2-8(7)14)17(15)4-3-16-9(11,12)13/h1-2,5H,3-4,14H2. The molecule has 0 fully saturated rings. The van der Waals surface area contributed by atoms with Crippen molar-refractivity contribution in [2.45, 2.75) is 10.4 Å². The average Bonchev–Trinajstić information content (AvgIpc) is 2.20. The molecular weight excluding hydrogens is 295 g/mol. The summed E-state index contributed by atoms with van der Waals surface area (Å²) in [6.07, 6.45) is 0. The van der Waals surface area contributed by atoms with Gasteiger partial charge in [0, 0.05) is 16.4 Å². The first-order valence-electron chi connectivity index (χ1n) is 4.43. The van der Waals surface area contributed by atoms with E-state index in [1.54, 1.807) is 0 Å². The van der Waals surface area contributed by atoms with Gasteiger partial charge in [-0.1, -0.05) is 23.4 Å². The van der Waals surface area contributed by atoms with Crippen LogP contribution in [0.2, 0.25) is 5.02 Å². The molecule has 0 radical (unpaired) electrons. The molecule has 1 atom stereocenters. The fourth-order valence-corrected chi connectivity index (χ4v) is 3.12. The predicted molar refractivity (Wildman–Crippen MR) is 65.7 cm³/mol. The lowest BCUT2D eigenvalue weighted by Gasteiger charge is -2.06. The van der Waals surface area contributed by atoms with E-state index in [1.807, 2.05) is 0 Å². The molecule has 0 bridgehead atoms. The fraction of sp³-hybridized carbons (Fsp3) is 0.333. The molecule has 2 N–H and O–H groups in total. The van der Waals surface area contributed by atoms with Gasteiger partial charge in [0.2, 0.25) is 0 Å². The second-order valence-corrected chi connectivity index (χ2v) is 6.16. The van der Waals surface area contributed by atoms with Crippen LogP contribution in [0.5, 0.6) is 0 Å². The summed E-state index contributed by atoms with van der Waals surface area (Å²) in [7, 11) is -1.50. The van der Waals surface area contributed by atoms with Gasteiger partial charge >= 0.3 is 5.51 Å². The zero-order valence-corrected chi connectivity index (χ0v) is 10.8. The summed E-state index contributed by atoms with van der Waals surface area (Å²) in [6.45, 7) is 0. The van der Waals surface area contributed by atoms with Gasteiger partial charge in [0.25, 0.3) is 0 Å². The molecule has 0 saturated heterocycles. The molecule has 0 aliphatic carbocycles. The lowest BCUT2D eigenvalue weighted by Crippen LogP contribution is -2.07. The van der Waals surface area contributed by atoms with Crippen molar-refractivity contribution in [3.63, 3.8) is 0 Å². The maximum atomic E-state index is 11.9. The van der Waals surface area contributed by atoms with Gasteiger partial charge in [-0.15, -0.1) is 0 Å². The van der Waals surface area contributed by atoms with Crippen molar-refractivity contribution in [2.24, 2.45) is 0 Å². The summed E-state index contributed by atoms with van der Waals surface area (Å²) in [4.78, 5) is 0.381. The molecule has 0 amide bonds. The summed E-state index contributed by atoms with van der Waals surface area (Å²) in [5.41, 5.74) is 1.52. The van der Waals surface area contributed by atoms with Gasteiger partial charge in [-0.25, -0.2) is 0 Å². The van der Waals surface area contributed by atoms with E-state index in [0.29, 0.717) is 10.6 Å². The maximum absolute atomic E-state index is 11.9. The highest BCUT2D eigenvalue weighted by Gasteiger charge is 2.27. The lowest BCUT2D eigenvalue weighted by atomic mass is 10.3. The topological polar surface area (TPSA) is 43.1 Å². The number of alkyl halides is 3. The molecule has 1 aromatic rings. The van der Waals surface area contributed by atoms with Gasteiger partial charge in [-0.3, -0.25) is 4.21 Å². The van der Waals surface area contributed by atoms with E-state index in [2.05, 4.69) is 0 Å². The normalized spacial score (nSPS) is 13.6. The first-order chi connectivity index (χ1) is 7.79. The molecule has 0 aliphatic heterocycles. The molecular formula is C9H9ClF3NOS2. The second-order valence-electron chi connectivity index (χ2n) is 3.03. The third kappa shape index (κ3) is 5.18. The van der Waals surface area contributed by atoms with Crippen LogP contribution in [0.1, 0.15) is 0 Å². The Bertz CT molecular complexity index is 425. The summed E-state index contributed by atoms with van der Waals surface area (Å²) in [6, 6.07) is 4.38. The first-order valence-corrected chi connectivity index (χ1v) is 7.12. The monoisotopic (exact) mass is 303 g/mol. The average molecular weight is 304 g/mol. The predicted octanol–water partition coefficient (Wildman–Crippen LogP) is 3.28. The Hall–Kier alpha value is -0.400. The Morgan fingerprint density at radius 1 is 1.41 bits per heavy atom. The largest absolute Gasteiger partial charge is 0.441 e. The third-order valence-electron chi connectivity index (χ3n) is 1.77. The summed E-state index contributed by atoms with van der Waals surface area (Å²) < 4.78 is 47.2. The maximum Gasteiger partial charge on any atom is 0.441 e. The summed E-state index contributed by atoms with van der Waals surface area (Å²) >= 11 is 5.53. The van der Waals surface area contributed by atoms with Crippen LogP contribution in [-0.2, 0) is 10.8 Å². The number of anilines is 1. The Morgan fingerprint density at radius 3 is 2.59 bits per heavy atom. The molecule has 8 heteroatoms. The molecule has 0 aliphatic rings. The van der Waals surface area contributed by atoms with Crippen molar-refractivity contribution in [3.05, 3.63) is 23.2 Å². The highest BCUT2D eigenvalue weighted by atomic mass is 35.5. The van der Waals surface area contributed by atoms with Crippen LogP contribution in [0.4, 0.5) is 18.9 Å². The van der Waals surface area contributed by atoms with Crippen LogP contribution in [0.15, 0.2) is 23.1 Å². The second kappa shape index (κ2) is 5.97. The minimum Gasteiger partial charge on any atom is -0.398 e. The minimum absolute atomic E-state index is 0.0789. The van der Waals surface area contributed by atoms with Gasteiger partial charge in [0.05, 0.1) is 21.5 Å². The van der Waals surface area contributed by atoms with Gasteiger partial charge in [-0.2, -0.15) is 13.2 Å². The van der Waals surface area contributed by atoms with E-state index in [9.17, 15) is 17.4 Å². The van der Waals surface area contributed by atoms with Crippen LogP contribution >= 0.6 is 23.4 Å². The molecule has 1 unspecified atom stereocenters. The highest BCUT2D eigenvalue weighted by molar-refractivity contribution is 8.00. The number of halogens is 4. The van der Waals surface area contributed by atoms with E-state index in [0.717, 1.165) is 0 Å². The molecule has 1 aromatic carbocycles. The Morgan fingerprint density at radius 2 is 2.06 bits per heavy atom. The van der Waals surface area contributed by atoms with Crippen LogP contribution in [-0.4, -0.2) is 21.2 Å². The fourth-order valence-electron chi connectivity index (χ4n) is 1.00. The van der Waals surface area contributed by atoms with Crippen molar-refractivity contribution >= 4 is 39.8 Å². The number of benzene rings is 1. The highest BCUT2D eigenvalue weighted by Crippen LogP contribution is 2.30. The van der Waals surface area contributed by atoms with Crippen molar-refractivity contribution in [3.8, 4) is 0 Å².